The average molecular weight is 293 g/mol. The lowest BCUT2D eigenvalue weighted by atomic mass is 9.77. The van der Waals surface area contributed by atoms with E-state index < -0.39 is 0 Å². The Kier molecular flexibility index (Phi) is 4.03. The number of rotatable bonds is 2. The van der Waals surface area contributed by atoms with Crippen molar-refractivity contribution < 1.29 is 4.52 Å². The minimum Gasteiger partial charge on any atom is -0.338 e. The second-order valence-electron chi connectivity index (χ2n) is 7.23. The van der Waals surface area contributed by atoms with E-state index in [0.717, 1.165) is 37.9 Å². The Labute approximate surface area is 126 Å². The number of nitrogens with zero attached hydrogens (tertiary/aromatic N) is 4. The van der Waals surface area contributed by atoms with Crippen LogP contribution < -0.4 is 5.32 Å². The fourth-order valence-corrected chi connectivity index (χ4v) is 3.42. The van der Waals surface area contributed by atoms with Crippen LogP contribution in [0.1, 0.15) is 50.5 Å². The highest BCUT2D eigenvalue weighted by Gasteiger charge is 2.38. The first-order chi connectivity index (χ1) is 9.97. The van der Waals surface area contributed by atoms with Crippen LogP contribution in [0.5, 0.6) is 0 Å². The molecule has 3 rings (SSSR count). The summed E-state index contributed by atoms with van der Waals surface area (Å²) in [5.74, 6) is 1.57. The molecule has 21 heavy (non-hydrogen) atoms. The zero-order chi connectivity index (χ0) is 15.0. The van der Waals surface area contributed by atoms with E-state index in [0.29, 0.717) is 0 Å². The van der Waals surface area contributed by atoms with Gasteiger partial charge in [0, 0.05) is 19.6 Å². The van der Waals surface area contributed by atoms with Gasteiger partial charge in [-0.3, -0.25) is 4.90 Å². The number of hydrogen-bond acceptors (Lipinski definition) is 6. The highest BCUT2D eigenvalue weighted by molar-refractivity contribution is 5.04. The van der Waals surface area contributed by atoms with Gasteiger partial charge in [0.2, 0.25) is 5.89 Å². The third-order valence-electron chi connectivity index (χ3n) is 4.98. The zero-order valence-corrected chi connectivity index (χ0v) is 13.6. The maximum absolute atomic E-state index is 5.61. The summed E-state index contributed by atoms with van der Waals surface area (Å²) in [6.45, 7) is 8.66. The number of piperazine rings is 1. The topological polar surface area (TPSA) is 57.4 Å². The molecule has 2 aliphatic heterocycles. The normalized spacial score (nSPS) is 31.4. The molecule has 2 atom stereocenters. The van der Waals surface area contributed by atoms with Crippen LogP contribution in [-0.2, 0) is 0 Å². The van der Waals surface area contributed by atoms with Crippen LogP contribution in [0.2, 0.25) is 0 Å². The molecular formula is C15H27N5O. The fraction of sp³-hybridized carbons (Fsp3) is 0.867. The molecule has 1 aromatic rings. The Morgan fingerprint density at radius 2 is 2.10 bits per heavy atom. The quantitative estimate of drug-likeness (QED) is 0.890. The van der Waals surface area contributed by atoms with E-state index in [2.05, 4.69) is 48.2 Å². The molecule has 2 aliphatic rings. The van der Waals surface area contributed by atoms with Crippen LogP contribution in [0.3, 0.4) is 0 Å². The summed E-state index contributed by atoms with van der Waals surface area (Å²) in [5.41, 5.74) is 0.164. The average Bonchev–Trinajstić information content (AvgIpc) is 2.90. The van der Waals surface area contributed by atoms with Crippen molar-refractivity contribution >= 4 is 0 Å². The van der Waals surface area contributed by atoms with Crippen molar-refractivity contribution in [2.24, 2.45) is 5.41 Å². The number of nitrogens with one attached hydrogen (secondary N) is 1. The number of likely N-dealkylation sites (N-methyl/N-ethyl adjacent to an activating group) is 2. The predicted octanol–water partition coefficient (Wildman–Crippen LogP) is 1.44. The number of aromatic nitrogens is 2. The minimum atomic E-state index is 0.164. The van der Waals surface area contributed by atoms with Gasteiger partial charge in [0.05, 0.1) is 12.1 Å². The summed E-state index contributed by atoms with van der Waals surface area (Å²) in [6.07, 6.45) is 2.40. The Morgan fingerprint density at radius 3 is 2.86 bits per heavy atom. The van der Waals surface area contributed by atoms with E-state index in [4.69, 9.17) is 9.51 Å². The number of hydrogen-bond donors (Lipinski definition) is 1. The van der Waals surface area contributed by atoms with Crippen LogP contribution in [0.15, 0.2) is 4.52 Å². The molecule has 1 aromatic heterocycles. The first-order valence-corrected chi connectivity index (χ1v) is 7.93. The van der Waals surface area contributed by atoms with E-state index in [1.165, 1.54) is 12.8 Å². The van der Waals surface area contributed by atoms with E-state index in [1.54, 1.807) is 0 Å². The van der Waals surface area contributed by atoms with Crippen molar-refractivity contribution in [3.8, 4) is 0 Å². The monoisotopic (exact) mass is 293 g/mol. The molecule has 118 valence electrons. The van der Waals surface area contributed by atoms with Gasteiger partial charge in [-0.25, -0.2) is 0 Å². The van der Waals surface area contributed by atoms with Gasteiger partial charge < -0.3 is 14.7 Å². The van der Waals surface area contributed by atoms with E-state index in [1.807, 2.05) is 0 Å². The zero-order valence-electron chi connectivity index (χ0n) is 13.6. The molecule has 0 spiro atoms. The van der Waals surface area contributed by atoms with Crippen molar-refractivity contribution in [1.82, 2.24) is 25.3 Å². The van der Waals surface area contributed by atoms with E-state index >= 15 is 0 Å². The smallest absolute Gasteiger partial charge is 0.244 e. The van der Waals surface area contributed by atoms with Crippen LogP contribution in [0.4, 0.5) is 0 Å². The van der Waals surface area contributed by atoms with Gasteiger partial charge in [-0.15, -0.1) is 0 Å². The summed E-state index contributed by atoms with van der Waals surface area (Å²) in [6, 6.07) is 0.395. The molecule has 0 bridgehead atoms. The van der Waals surface area contributed by atoms with Gasteiger partial charge in [0.1, 0.15) is 0 Å². The third-order valence-corrected chi connectivity index (χ3v) is 4.98. The summed E-state index contributed by atoms with van der Waals surface area (Å²) in [7, 11) is 4.28. The van der Waals surface area contributed by atoms with Crippen LogP contribution >= 0.6 is 0 Å². The molecule has 0 aliphatic carbocycles. The fourth-order valence-electron chi connectivity index (χ4n) is 3.42. The van der Waals surface area contributed by atoms with Gasteiger partial charge in [-0.2, -0.15) is 4.98 Å². The first-order valence-electron chi connectivity index (χ1n) is 7.93. The van der Waals surface area contributed by atoms with Crippen LogP contribution in [0, 0.1) is 5.41 Å². The Hall–Kier alpha value is -0.980. The molecule has 6 heteroatoms. The van der Waals surface area contributed by atoms with E-state index in [-0.39, 0.29) is 17.5 Å². The Bertz CT molecular complexity index is 486. The molecule has 1 N–H and O–H groups in total. The summed E-state index contributed by atoms with van der Waals surface area (Å²) in [5, 5.41) is 7.81. The first kappa shape index (κ1) is 14.9. The van der Waals surface area contributed by atoms with Crippen molar-refractivity contribution in [3.63, 3.8) is 0 Å². The van der Waals surface area contributed by atoms with Gasteiger partial charge in [-0.1, -0.05) is 19.0 Å². The largest absolute Gasteiger partial charge is 0.338 e. The van der Waals surface area contributed by atoms with Gasteiger partial charge in [0.15, 0.2) is 5.82 Å². The lowest BCUT2D eigenvalue weighted by molar-refractivity contribution is 0.107. The molecule has 3 heterocycles. The second kappa shape index (κ2) is 5.66. The molecular weight excluding hydrogens is 266 g/mol. The van der Waals surface area contributed by atoms with Gasteiger partial charge in [-0.05, 0) is 38.9 Å². The van der Waals surface area contributed by atoms with Crippen LogP contribution in [0.25, 0.3) is 0 Å². The van der Waals surface area contributed by atoms with Crippen LogP contribution in [-0.4, -0.2) is 60.2 Å². The van der Waals surface area contributed by atoms with Crippen molar-refractivity contribution in [3.05, 3.63) is 11.7 Å². The standard InChI is InChI=1S/C15H27N5O/c1-15(2)6-5-7-16-12(15)14-17-13(18-21-14)11-10-19(3)8-9-20(11)4/h11-12,16H,5-10H2,1-4H3. The van der Waals surface area contributed by atoms with Crippen molar-refractivity contribution in [2.45, 2.75) is 38.8 Å². The minimum absolute atomic E-state index is 0.164. The molecule has 2 saturated heterocycles. The highest BCUT2D eigenvalue weighted by Crippen LogP contribution is 2.39. The third kappa shape index (κ3) is 2.98. The molecule has 2 fully saturated rings. The summed E-state index contributed by atoms with van der Waals surface area (Å²) >= 11 is 0. The maximum atomic E-state index is 5.61. The van der Waals surface area contributed by atoms with E-state index in [9.17, 15) is 0 Å². The molecule has 0 radical (unpaired) electrons. The second-order valence-corrected chi connectivity index (χ2v) is 7.23. The Morgan fingerprint density at radius 1 is 1.29 bits per heavy atom. The predicted molar refractivity (Wildman–Crippen MR) is 80.9 cm³/mol. The maximum Gasteiger partial charge on any atom is 0.244 e. The molecule has 0 saturated carbocycles. The molecule has 6 nitrogen and oxygen atoms in total. The molecule has 0 amide bonds. The number of piperidine rings is 1. The molecule has 0 aromatic carbocycles. The highest BCUT2D eigenvalue weighted by atomic mass is 16.5. The summed E-state index contributed by atoms with van der Waals surface area (Å²) in [4.78, 5) is 9.37. The lowest BCUT2D eigenvalue weighted by Crippen LogP contribution is -2.45. The summed E-state index contributed by atoms with van der Waals surface area (Å²) < 4.78 is 5.61. The van der Waals surface area contributed by atoms with Crippen molar-refractivity contribution in [1.29, 1.82) is 0 Å². The SMILES string of the molecule is CN1CCN(C)C(c2noc(C3NCCCC3(C)C)n2)C1. The van der Waals surface area contributed by atoms with Crippen molar-refractivity contribution in [2.75, 3.05) is 40.3 Å². The Balaban J connectivity index is 1.79. The van der Waals surface area contributed by atoms with Gasteiger partial charge >= 0.3 is 0 Å². The lowest BCUT2D eigenvalue weighted by Gasteiger charge is -2.37. The molecule has 2 unspecified atom stereocenters. The van der Waals surface area contributed by atoms with Gasteiger partial charge in [0.25, 0.3) is 0 Å².